The average molecular weight is 261 g/mol. The van der Waals surface area contributed by atoms with E-state index in [0.29, 0.717) is 32.3 Å². The molecule has 1 atom stereocenters. The second-order valence-corrected chi connectivity index (χ2v) is 5.08. The molecular weight excluding hydrogens is 230 g/mol. The minimum absolute atomic E-state index is 0.381. The molecule has 18 heavy (non-hydrogen) atoms. The Labute approximate surface area is 112 Å². The van der Waals surface area contributed by atoms with Gasteiger partial charge in [-0.3, -0.25) is 0 Å². The van der Waals surface area contributed by atoms with Gasteiger partial charge in [0, 0.05) is 13.2 Å². The number of aliphatic hydroxyl groups is 1. The standard InChI is InChI=1S/C14H31NO3/c1-4-5-8-17-9-10-18-12-14(16)11-15-7-6-13(2)3/h13-16H,4-12H2,1-3H3. The molecule has 110 valence electrons. The predicted molar refractivity (Wildman–Crippen MR) is 74.9 cm³/mol. The molecule has 0 fully saturated rings. The molecule has 0 aliphatic rings. The number of aliphatic hydroxyl groups excluding tert-OH is 1. The highest BCUT2D eigenvalue weighted by Gasteiger charge is 2.03. The smallest absolute Gasteiger partial charge is 0.0897 e. The Bertz CT molecular complexity index is 165. The Morgan fingerprint density at radius 2 is 1.83 bits per heavy atom. The molecule has 0 aromatic carbocycles. The van der Waals surface area contributed by atoms with Gasteiger partial charge in [0.1, 0.15) is 0 Å². The van der Waals surface area contributed by atoms with Crippen LogP contribution in [0.2, 0.25) is 0 Å². The Hall–Kier alpha value is -0.160. The summed E-state index contributed by atoms with van der Waals surface area (Å²) in [7, 11) is 0. The van der Waals surface area contributed by atoms with E-state index in [1.807, 2.05) is 0 Å². The summed E-state index contributed by atoms with van der Waals surface area (Å²) in [5.41, 5.74) is 0. The fourth-order valence-electron chi connectivity index (χ4n) is 1.40. The highest BCUT2D eigenvalue weighted by molar-refractivity contribution is 4.59. The van der Waals surface area contributed by atoms with Gasteiger partial charge >= 0.3 is 0 Å². The van der Waals surface area contributed by atoms with Crippen LogP contribution < -0.4 is 5.32 Å². The highest BCUT2D eigenvalue weighted by atomic mass is 16.5. The van der Waals surface area contributed by atoms with Gasteiger partial charge in [-0.1, -0.05) is 27.2 Å². The number of hydrogen-bond donors (Lipinski definition) is 2. The summed E-state index contributed by atoms with van der Waals surface area (Å²) in [5, 5.41) is 12.9. The van der Waals surface area contributed by atoms with E-state index in [1.165, 1.54) is 0 Å². The number of unbranched alkanes of at least 4 members (excludes halogenated alkanes) is 1. The minimum Gasteiger partial charge on any atom is -0.389 e. The third kappa shape index (κ3) is 13.9. The second-order valence-electron chi connectivity index (χ2n) is 5.08. The van der Waals surface area contributed by atoms with E-state index in [2.05, 4.69) is 26.1 Å². The maximum Gasteiger partial charge on any atom is 0.0897 e. The van der Waals surface area contributed by atoms with Gasteiger partial charge in [-0.2, -0.15) is 0 Å². The van der Waals surface area contributed by atoms with Crippen molar-refractivity contribution >= 4 is 0 Å². The average Bonchev–Trinajstić information content (AvgIpc) is 2.33. The van der Waals surface area contributed by atoms with Crippen LogP contribution >= 0.6 is 0 Å². The maximum atomic E-state index is 9.63. The number of ether oxygens (including phenoxy) is 2. The van der Waals surface area contributed by atoms with Crippen molar-refractivity contribution < 1.29 is 14.6 Å². The molecule has 0 aliphatic carbocycles. The molecule has 4 heteroatoms. The molecule has 0 spiro atoms. The van der Waals surface area contributed by atoms with Crippen LogP contribution in [0.5, 0.6) is 0 Å². The van der Waals surface area contributed by atoms with Crippen molar-refractivity contribution in [1.82, 2.24) is 5.32 Å². The molecule has 4 nitrogen and oxygen atoms in total. The lowest BCUT2D eigenvalue weighted by Crippen LogP contribution is -2.31. The fraction of sp³-hybridized carbons (Fsp3) is 1.00. The van der Waals surface area contributed by atoms with Gasteiger partial charge in [0.05, 0.1) is 25.9 Å². The quantitative estimate of drug-likeness (QED) is 0.497. The van der Waals surface area contributed by atoms with E-state index >= 15 is 0 Å². The van der Waals surface area contributed by atoms with Gasteiger partial charge in [0.25, 0.3) is 0 Å². The first-order valence-electron chi connectivity index (χ1n) is 7.21. The molecule has 0 heterocycles. The topological polar surface area (TPSA) is 50.7 Å². The normalized spacial score (nSPS) is 13.2. The van der Waals surface area contributed by atoms with Crippen LogP contribution in [0.3, 0.4) is 0 Å². The lowest BCUT2D eigenvalue weighted by atomic mass is 10.1. The molecule has 0 amide bonds. The summed E-state index contributed by atoms with van der Waals surface area (Å²) in [6.07, 6.45) is 2.97. The molecule has 0 rings (SSSR count). The molecule has 1 unspecified atom stereocenters. The number of nitrogens with one attached hydrogen (secondary N) is 1. The Morgan fingerprint density at radius 3 is 2.50 bits per heavy atom. The summed E-state index contributed by atoms with van der Waals surface area (Å²) >= 11 is 0. The van der Waals surface area contributed by atoms with Crippen LogP contribution in [0.4, 0.5) is 0 Å². The zero-order chi connectivity index (χ0) is 13.6. The van der Waals surface area contributed by atoms with Gasteiger partial charge in [0.15, 0.2) is 0 Å². The van der Waals surface area contributed by atoms with Crippen LogP contribution in [-0.2, 0) is 9.47 Å². The van der Waals surface area contributed by atoms with Crippen molar-refractivity contribution in [3.63, 3.8) is 0 Å². The third-order valence-electron chi connectivity index (χ3n) is 2.60. The van der Waals surface area contributed by atoms with Crippen LogP contribution in [-0.4, -0.2) is 50.7 Å². The first kappa shape index (κ1) is 17.8. The van der Waals surface area contributed by atoms with E-state index in [-0.39, 0.29) is 0 Å². The molecule has 0 bridgehead atoms. The summed E-state index contributed by atoms with van der Waals surface area (Å²) in [4.78, 5) is 0. The second kappa shape index (κ2) is 13.3. The lowest BCUT2D eigenvalue weighted by Gasteiger charge is -2.13. The van der Waals surface area contributed by atoms with E-state index in [0.717, 1.165) is 32.4 Å². The van der Waals surface area contributed by atoms with E-state index in [4.69, 9.17) is 9.47 Å². The first-order valence-corrected chi connectivity index (χ1v) is 7.21. The van der Waals surface area contributed by atoms with Crippen molar-refractivity contribution in [3.8, 4) is 0 Å². The Balaban J connectivity index is 3.14. The van der Waals surface area contributed by atoms with Crippen molar-refractivity contribution in [2.24, 2.45) is 5.92 Å². The Kier molecular flexibility index (Phi) is 13.2. The molecular formula is C14H31NO3. The largest absolute Gasteiger partial charge is 0.389 e. The third-order valence-corrected chi connectivity index (χ3v) is 2.60. The molecule has 0 radical (unpaired) electrons. The van der Waals surface area contributed by atoms with E-state index in [1.54, 1.807) is 0 Å². The lowest BCUT2D eigenvalue weighted by molar-refractivity contribution is 0.00392. The molecule has 0 aliphatic heterocycles. The van der Waals surface area contributed by atoms with E-state index in [9.17, 15) is 5.11 Å². The van der Waals surface area contributed by atoms with Gasteiger partial charge in [-0.15, -0.1) is 0 Å². The highest BCUT2D eigenvalue weighted by Crippen LogP contribution is 1.96. The van der Waals surface area contributed by atoms with Crippen LogP contribution in [0.15, 0.2) is 0 Å². The molecule has 2 N–H and O–H groups in total. The van der Waals surface area contributed by atoms with Crippen molar-refractivity contribution in [2.45, 2.75) is 46.1 Å². The molecule has 0 aromatic heterocycles. The minimum atomic E-state index is -0.423. The number of rotatable bonds is 13. The van der Waals surface area contributed by atoms with Crippen molar-refractivity contribution in [3.05, 3.63) is 0 Å². The van der Waals surface area contributed by atoms with Gasteiger partial charge < -0.3 is 19.9 Å². The van der Waals surface area contributed by atoms with Crippen LogP contribution in [0.1, 0.15) is 40.0 Å². The zero-order valence-electron chi connectivity index (χ0n) is 12.3. The molecule has 0 aromatic rings. The van der Waals surface area contributed by atoms with Crippen LogP contribution in [0.25, 0.3) is 0 Å². The zero-order valence-corrected chi connectivity index (χ0v) is 12.3. The van der Waals surface area contributed by atoms with Gasteiger partial charge in [-0.25, -0.2) is 0 Å². The Morgan fingerprint density at radius 1 is 1.11 bits per heavy atom. The summed E-state index contributed by atoms with van der Waals surface area (Å²) in [6, 6.07) is 0. The molecule has 0 saturated heterocycles. The van der Waals surface area contributed by atoms with Crippen molar-refractivity contribution in [1.29, 1.82) is 0 Å². The fourth-order valence-corrected chi connectivity index (χ4v) is 1.40. The van der Waals surface area contributed by atoms with Gasteiger partial charge in [-0.05, 0) is 25.3 Å². The monoisotopic (exact) mass is 261 g/mol. The van der Waals surface area contributed by atoms with Crippen molar-refractivity contribution in [2.75, 3.05) is 39.5 Å². The first-order chi connectivity index (χ1) is 8.66. The summed E-state index contributed by atoms with van der Waals surface area (Å²) < 4.78 is 10.7. The number of hydrogen-bond acceptors (Lipinski definition) is 4. The van der Waals surface area contributed by atoms with Crippen LogP contribution in [0, 0.1) is 5.92 Å². The predicted octanol–water partition coefficient (Wildman–Crippen LogP) is 1.82. The van der Waals surface area contributed by atoms with Gasteiger partial charge in [0.2, 0.25) is 0 Å². The maximum absolute atomic E-state index is 9.63. The summed E-state index contributed by atoms with van der Waals surface area (Å²) in [6.45, 7) is 10.4. The summed E-state index contributed by atoms with van der Waals surface area (Å²) in [5.74, 6) is 0.700. The molecule has 0 saturated carbocycles. The van der Waals surface area contributed by atoms with E-state index < -0.39 is 6.10 Å². The SMILES string of the molecule is CCCCOCCOCC(O)CNCCC(C)C.